The number of amides is 1. The molecule has 0 aromatic heterocycles. The predicted octanol–water partition coefficient (Wildman–Crippen LogP) is 3.44. The normalized spacial score (nSPS) is 11.5. The summed E-state index contributed by atoms with van der Waals surface area (Å²) >= 11 is 1.53. The second-order valence-corrected chi connectivity index (χ2v) is 6.97. The summed E-state index contributed by atoms with van der Waals surface area (Å²) in [6.07, 6.45) is 0. The van der Waals surface area contributed by atoms with Crippen molar-refractivity contribution in [1.29, 1.82) is 0 Å². The summed E-state index contributed by atoms with van der Waals surface area (Å²) in [5.74, 6) is 0.296. The molecule has 0 aliphatic carbocycles. The summed E-state index contributed by atoms with van der Waals surface area (Å²) in [7, 11) is 0. The number of nitrogens with one attached hydrogen (secondary N) is 1. The van der Waals surface area contributed by atoms with Crippen LogP contribution >= 0.6 is 11.8 Å². The van der Waals surface area contributed by atoms with Gasteiger partial charge in [0.15, 0.2) is 0 Å². The van der Waals surface area contributed by atoms with Crippen molar-refractivity contribution < 1.29 is 18.3 Å². The number of thioether (sulfide) groups is 1. The molecule has 112 valence electrons. The molecule has 0 saturated heterocycles. The van der Waals surface area contributed by atoms with Crippen molar-refractivity contribution in [1.82, 2.24) is 5.32 Å². The summed E-state index contributed by atoms with van der Waals surface area (Å²) in [5.41, 5.74) is 0.530. The number of carbonyl (C=O) groups is 1. The molecule has 0 aliphatic rings. The van der Waals surface area contributed by atoms with E-state index in [2.05, 4.69) is 10.1 Å². The molecule has 6 heteroatoms. The van der Waals surface area contributed by atoms with Crippen molar-refractivity contribution in [2.24, 2.45) is 0 Å². The fourth-order valence-corrected chi connectivity index (χ4v) is 2.05. The average Bonchev–Trinajstić information content (AvgIpc) is 2.34. The molecule has 1 aromatic rings. The molecule has 3 nitrogen and oxygen atoms in total. The first kappa shape index (κ1) is 16.8. The van der Waals surface area contributed by atoms with Gasteiger partial charge in [-0.15, -0.1) is 11.8 Å². The smallest absolute Gasteiger partial charge is 0.387 e. The monoisotopic (exact) mass is 303 g/mol. The molecule has 0 unspecified atom stereocenters. The van der Waals surface area contributed by atoms with Gasteiger partial charge in [0, 0.05) is 16.9 Å². The van der Waals surface area contributed by atoms with Crippen molar-refractivity contribution in [2.45, 2.75) is 38.7 Å². The molecule has 0 atom stereocenters. The number of hydrogen-bond acceptors (Lipinski definition) is 3. The van der Waals surface area contributed by atoms with E-state index < -0.39 is 6.61 Å². The number of hydrogen-bond donors (Lipinski definition) is 1. The van der Waals surface area contributed by atoms with Gasteiger partial charge in [0.2, 0.25) is 5.91 Å². The molecule has 0 fully saturated rings. The fraction of sp³-hybridized carbons (Fsp3) is 0.500. The zero-order valence-electron chi connectivity index (χ0n) is 11.8. The number of benzene rings is 1. The Morgan fingerprint density at radius 2 is 2.00 bits per heavy atom. The molecule has 1 N–H and O–H groups in total. The Morgan fingerprint density at radius 1 is 1.35 bits per heavy atom. The highest BCUT2D eigenvalue weighted by molar-refractivity contribution is 8.01. The summed E-state index contributed by atoms with van der Waals surface area (Å²) in [4.78, 5) is 11.7. The highest BCUT2D eigenvalue weighted by Gasteiger charge is 2.14. The SMILES string of the molecule is CC(C)(C)SCC(=O)NCc1ccccc1OC(F)F. The highest BCUT2D eigenvalue weighted by Crippen LogP contribution is 2.23. The molecular formula is C14H19F2NO2S. The Labute approximate surface area is 122 Å². The van der Waals surface area contributed by atoms with Crippen LogP contribution in [0.5, 0.6) is 5.75 Å². The second-order valence-electron chi connectivity index (χ2n) is 5.16. The molecule has 0 heterocycles. The molecule has 0 spiro atoms. The number of para-hydroxylation sites is 1. The van der Waals surface area contributed by atoms with Gasteiger partial charge in [-0.05, 0) is 6.07 Å². The predicted molar refractivity (Wildman–Crippen MR) is 77.1 cm³/mol. The van der Waals surface area contributed by atoms with E-state index in [4.69, 9.17) is 0 Å². The Bertz CT molecular complexity index is 447. The lowest BCUT2D eigenvalue weighted by molar-refractivity contribution is -0.118. The first-order valence-corrected chi connectivity index (χ1v) is 7.20. The van der Waals surface area contributed by atoms with Crippen molar-refractivity contribution in [3.05, 3.63) is 29.8 Å². The van der Waals surface area contributed by atoms with Crippen LogP contribution in [-0.2, 0) is 11.3 Å². The van der Waals surface area contributed by atoms with Gasteiger partial charge < -0.3 is 10.1 Å². The van der Waals surface area contributed by atoms with Crippen LogP contribution in [0.2, 0.25) is 0 Å². The Hall–Kier alpha value is -1.30. The third kappa shape index (κ3) is 6.75. The number of carbonyl (C=O) groups excluding carboxylic acids is 1. The van der Waals surface area contributed by atoms with E-state index in [1.165, 1.54) is 17.8 Å². The van der Waals surface area contributed by atoms with E-state index in [0.717, 1.165) is 0 Å². The maximum absolute atomic E-state index is 12.2. The molecule has 1 aromatic carbocycles. The van der Waals surface area contributed by atoms with Crippen LogP contribution in [0.4, 0.5) is 8.78 Å². The van der Waals surface area contributed by atoms with Gasteiger partial charge in [-0.2, -0.15) is 8.78 Å². The van der Waals surface area contributed by atoms with Gasteiger partial charge in [-0.1, -0.05) is 39.0 Å². The Balaban J connectivity index is 2.51. The molecule has 0 saturated carbocycles. The first-order valence-electron chi connectivity index (χ1n) is 6.21. The van der Waals surface area contributed by atoms with Crippen molar-refractivity contribution in [2.75, 3.05) is 5.75 Å². The van der Waals surface area contributed by atoms with Crippen LogP contribution in [0, 0.1) is 0 Å². The zero-order valence-corrected chi connectivity index (χ0v) is 12.6. The first-order chi connectivity index (χ1) is 9.28. The van der Waals surface area contributed by atoms with Crippen molar-refractivity contribution >= 4 is 17.7 Å². The molecule has 0 radical (unpaired) electrons. The minimum absolute atomic E-state index is 0.00797. The summed E-state index contributed by atoms with van der Waals surface area (Å²) < 4.78 is 28.9. The third-order valence-electron chi connectivity index (χ3n) is 2.30. The topological polar surface area (TPSA) is 38.3 Å². The van der Waals surface area contributed by atoms with Gasteiger partial charge in [0.25, 0.3) is 0 Å². The van der Waals surface area contributed by atoms with E-state index >= 15 is 0 Å². The van der Waals surface area contributed by atoms with E-state index in [-0.39, 0.29) is 22.9 Å². The van der Waals surface area contributed by atoms with Crippen LogP contribution in [-0.4, -0.2) is 23.0 Å². The lowest BCUT2D eigenvalue weighted by Crippen LogP contribution is -2.26. The van der Waals surface area contributed by atoms with E-state index in [9.17, 15) is 13.6 Å². The van der Waals surface area contributed by atoms with Gasteiger partial charge in [-0.3, -0.25) is 4.79 Å². The van der Waals surface area contributed by atoms with Gasteiger partial charge in [0.1, 0.15) is 5.75 Å². The fourth-order valence-electron chi connectivity index (χ4n) is 1.39. The van der Waals surface area contributed by atoms with Crippen molar-refractivity contribution in [3.8, 4) is 5.75 Å². The molecule has 0 bridgehead atoms. The minimum atomic E-state index is -2.87. The van der Waals surface area contributed by atoms with Crippen LogP contribution < -0.4 is 10.1 Å². The van der Waals surface area contributed by atoms with Crippen LogP contribution in [0.15, 0.2) is 24.3 Å². The number of alkyl halides is 2. The van der Waals surface area contributed by atoms with Gasteiger partial charge in [0.05, 0.1) is 5.75 Å². The van der Waals surface area contributed by atoms with Gasteiger partial charge >= 0.3 is 6.61 Å². The summed E-state index contributed by atoms with van der Waals surface area (Å²) in [6, 6.07) is 6.43. The van der Waals surface area contributed by atoms with E-state index in [1.54, 1.807) is 18.2 Å². The van der Waals surface area contributed by atoms with Crippen LogP contribution in [0.1, 0.15) is 26.3 Å². The number of ether oxygens (including phenoxy) is 1. The maximum Gasteiger partial charge on any atom is 0.387 e. The van der Waals surface area contributed by atoms with E-state index in [0.29, 0.717) is 11.3 Å². The lowest BCUT2D eigenvalue weighted by Gasteiger charge is -2.17. The van der Waals surface area contributed by atoms with Crippen molar-refractivity contribution in [3.63, 3.8) is 0 Å². The maximum atomic E-state index is 12.2. The average molecular weight is 303 g/mol. The minimum Gasteiger partial charge on any atom is -0.434 e. The quantitative estimate of drug-likeness (QED) is 0.875. The summed E-state index contributed by atoms with van der Waals surface area (Å²) in [5, 5.41) is 2.70. The zero-order chi connectivity index (χ0) is 15.2. The standard InChI is InChI=1S/C14H19F2NO2S/c1-14(2,3)20-9-12(18)17-8-10-6-4-5-7-11(10)19-13(15)16/h4-7,13H,8-9H2,1-3H3,(H,17,18). The number of halogens is 2. The largest absolute Gasteiger partial charge is 0.434 e. The number of rotatable bonds is 6. The lowest BCUT2D eigenvalue weighted by atomic mass is 10.2. The summed E-state index contributed by atoms with van der Waals surface area (Å²) in [6.45, 7) is 3.37. The highest BCUT2D eigenvalue weighted by atomic mass is 32.2. The third-order valence-corrected chi connectivity index (χ3v) is 3.57. The molecule has 1 rings (SSSR count). The van der Waals surface area contributed by atoms with Crippen LogP contribution in [0.3, 0.4) is 0 Å². The van der Waals surface area contributed by atoms with Crippen LogP contribution in [0.25, 0.3) is 0 Å². The van der Waals surface area contributed by atoms with E-state index in [1.807, 2.05) is 20.8 Å². The molecule has 1 amide bonds. The molecule has 20 heavy (non-hydrogen) atoms. The Kier molecular flexibility index (Phi) is 6.26. The molecule has 0 aliphatic heterocycles. The Morgan fingerprint density at radius 3 is 2.60 bits per heavy atom. The van der Waals surface area contributed by atoms with Gasteiger partial charge in [-0.25, -0.2) is 0 Å². The second kappa shape index (κ2) is 7.47. The molecular weight excluding hydrogens is 284 g/mol.